The van der Waals surface area contributed by atoms with Crippen LogP contribution >= 0.6 is 0 Å². The third-order valence-corrected chi connectivity index (χ3v) is 5.28. The monoisotopic (exact) mass is 412 g/mol. The highest BCUT2D eigenvalue weighted by atomic mass is 16.8. The lowest BCUT2D eigenvalue weighted by molar-refractivity contribution is -0.367. The second-order valence-electron chi connectivity index (χ2n) is 7.30. The Hall–Kier alpha value is -2.06. The van der Waals surface area contributed by atoms with E-state index in [-0.39, 0.29) is 12.2 Å². The van der Waals surface area contributed by atoms with Crippen LogP contribution in [0.4, 0.5) is 0 Å². The van der Waals surface area contributed by atoms with Crippen molar-refractivity contribution in [2.45, 2.75) is 43.6 Å². The van der Waals surface area contributed by atoms with Gasteiger partial charge in [0.25, 0.3) is 0 Å². The van der Waals surface area contributed by atoms with Gasteiger partial charge < -0.3 is 28.4 Å². The Bertz CT molecular complexity index is 783. The average Bonchev–Trinajstić information content (AvgIpc) is 2.82. The molecule has 0 N–H and O–H groups in total. The van der Waals surface area contributed by atoms with Gasteiger partial charge in [-0.1, -0.05) is 66.7 Å². The fraction of sp³-hybridized carbons (Fsp3) is 0.417. The molecule has 0 spiro atoms. The Morgan fingerprint density at radius 3 is 2.40 bits per heavy atom. The second kappa shape index (κ2) is 10.3. The molecule has 2 aliphatic rings. The lowest BCUT2D eigenvalue weighted by Gasteiger charge is -2.48. The Morgan fingerprint density at radius 2 is 1.70 bits per heavy atom. The summed E-state index contributed by atoms with van der Waals surface area (Å²) >= 11 is 0. The lowest BCUT2D eigenvalue weighted by atomic mass is 9.97. The molecule has 2 saturated heterocycles. The van der Waals surface area contributed by atoms with Gasteiger partial charge >= 0.3 is 0 Å². The summed E-state index contributed by atoms with van der Waals surface area (Å²) in [5, 5.41) is 0. The molecule has 4 rings (SSSR count). The van der Waals surface area contributed by atoms with Gasteiger partial charge in [-0.3, -0.25) is 0 Å². The van der Waals surface area contributed by atoms with Gasteiger partial charge in [-0.05, 0) is 5.56 Å². The highest BCUT2D eigenvalue weighted by Crippen LogP contribution is 2.36. The van der Waals surface area contributed by atoms with E-state index in [1.807, 2.05) is 60.7 Å². The van der Waals surface area contributed by atoms with E-state index in [4.69, 9.17) is 28.4 Å². The standard InChI is InChI=1S/C24H28O6/c1-3-14-26-22-21(27-15-17-10-6-4-7-11-17)20-19(29-24(22)25-2)16-28-23(30-20)18-12-8-5-9-13-18/h3-13,19-24H,1,14-16H2,2H3/t19?,20-,21?,22?,23?,24+/m0/s1. The summed E-state index contributed by atoms with van der Waals surface area (Å²) in [6.07, 6.45) is -0.930. The van der Waals surface area contributed by atoms with Crippen molar-refractivity contribution in [3.05, 3.63) is 84.4 Å². The number of rotatable bonds is 8. The van der Waals surface area contributed by atoms with Crippen LogP contribution in [0.25, 0.3) is 0 Å². The van der Waals surface area contributed by atoms with E-state index in [2.05, 4.69) is 6.58 Å². The Balaban J connectivity index is 1.56. The van der Waals surface area contributed by atoms with Crippen molar-refractivity contribution >= 4 is 0 Å². The Morgan fingerprint density at radius 1 is 0.967 bits per heavy atom. The normalized spacial score (nSPS) is 31.1. The van der Waals surface area contributed by atoms with Gasteiger partial charge in [0.05, 0.1) is 19.8 Å². The minimum absolute atomic E-state index is 0.320. The van der Waals surface area contributed by atoms with Crippen LogP contribution in [0.5, 0.6) is 0 Å². The van der Waals surface area contributed by atoms with E-state index in [1.165, 1.54) is 0 Å². The zero-order valence-corrected chi connectivity index (χ0v) is 17.1. The summed E-state index contributed by atoms with van der Waals surface area (Å²) in [5.74, 6) is 0. The third-order valence-electron chi connectivity index (χ3n) is 5.28. The van der Waals surface area contributed by atoms with Crippen molar-refractivity contribution in [2.24, 2.45) is 0 Å². The van der Waals surface area contributed by atoms with Crippen molar-refractivity contribution in [1.82, 2.24) is 0 Å². The number of hydrogen-bond acceptors (Lipinski definition) is 6. The topological polar surface area (TPSA) is 55.4 Å². The number of benzene rings is 2. The van der Waals surface area contributed by atoms with E-state index in [9.17, 15) is 0 Å². The molecule has 2 fully saturated rings. The van der Waals surface area contributed by atoms with Crippen LogP contribution in [0.15, 0.2) is 73.3 Å². The SMILES string of the molecule is C=CCOC1C(OCc2ccccc2)[C@H]2OC(c3ccccc3)OCC2O[C@H]1OC. The number of ether oxygens (including phenoxy) is 6. The van der Waals surface area contributed by atoms with E-state index in [1.54, 1.807) is 13.2 Å². The molecule has 160 valence electrons. The molecule has 2 aromatic carbocycles. The first kappa shape index (κ1) is 21.2. The van der Waals surface area contributed by atoms with Gasteiger partial charge in [-0.25, -0.2) is 0 Å². The molecule has 6 atom stereocenters. The predicted molar refractivity (Wildman–Crippen MR) is 111 cm³/mol. The molecule has 6 nitrogen and oxygen atoms in total. The van der Waals surface area contributed by atoms with E-state index < -0.39 is 24.8 Å². The largest absolute Gasteiger partial charge is 0.368 e. The maximum atomic E-state index is 6.36. The number of hydrogen-bond donors (Lipinski definition) is 0. The van der Waals surface area contributed by atoms with Gasteiger partial charge in [0.1, 0.15) is 24.4 Å². The van der Waals surface area contributed by atoms with Crippen LogP contribution in [0.2, 0.25) is 0 Å². The van der Waals surface area contributed by atoms with Crippen molar-refractivity contribution in [1.29, 1.82) is 0 Å². The molecule has 6 heteroatoms. The summed E-state index contributed by atoms with van der Waals surface area (Å²) in [6, 6.07) is 19.9. The first-order valence-corrected chi connectivity index (χ1v) is 10.2. The highest BCUT2D eigenvalue weighted by molar-refractivity contribution is 5.17. The summed E-state index contributed by atoms with van der Waals surface area (Å²) in [4.78, 5) is 0. The van der Waals surface area contributed by atoms with E-state index in [0.717, 1.165) is 11.1 Å². The molecule has 2 aliphatic heterocycles. The van der Waals surface area contributed by atoms with Crippen LogP contribution in [0, 0.1) is 0 Å². The zero-order valence-electron chi connectivity index (χ0n) is 17.1. The molecule has 2 heterocycles. The van der Waals surface area contributed by atoms with Crippen LogP contribution in [-0.4, -0.2) is 51.0 Å². The first-order chi connectivity index (χ1) is 14.8. The Labute approximate surface area is 177 Å². The van der Waals surface area contributed by atoms with Gasteiger partial charge in [-0.2, -0.15) is 0 Å². The maximum Gasteiger partial charge on any atom is 0.186 e. The molecule has 30 heavy (non-hydrogen) atoms. The van der Waals surface area contributed by atoms with Crippen molar-refractivity contribution in [3.63, 3.8) is 0 Å². The maximum absolute atomic E-state index is 6.36. The van der Waals surface area contributed by atoms with Gasteiger partial charge in [-0.15, -0.1) is 6.58 Å². The van der Waals surface area contributed by atoms with Crippen molar-refractivity contribution < 1.29 is 28.4 Å². The molecule has 0 radical (unpaired) electrons. The molecule has 4 unspecified atom stereocenters. The third kappa shape index (κ3) is 4.81. The molecule has 0 aromatic heterocycles. The minimum atomic E-state index is -0.590. The summed E-state index contributed by atoms with van der Waals surface area (Å²) < 4.78 is 36.3. The lowest BCUT2D eigenvalue weighted by Crippen LogP contribution is -2.63. The zero-order chi connectivity index (χ0) is 20.8. The minimum Gasteiger partial charge on any atom is -0.368 e. The van der Waals surface area contributed by atoms with Crippen LogP contribution in [0.3, 0.4) is 0 Å². The van der Waals surface area contributed by atoms with Gasteiger partial charge in [0, 0.05) is 12.7 Å². The fourth-order valence-electron chi connectivity index (χ4n) is 3.83. The highest BCUT2D eigenvalue weighted by Gasteiger charge is 2.51. The molecule has 0 saturated carbocycles. The summed E-state index contributed by atoms with van der Waals surface area (Å²) in [5.41, 5.74) is 2.03. The number of fused-ring (bicyclic) bond motifs is 1. The van der Waals surface area contributed by atoms with E-state index >= 15 is 0 Å². The quantitative estimate of drug-likeness (QED) is 0.617. The van der Waals surface area contributed by atoms with Crippen LogP contribution < -0.4 is 0 Å². The smallest absolute Gasteiger partial charge is 0.186 e. The first-order valence-electron chi connectivity index (χ1n) is 10.2. The van der Waals surface area contributed by atoms with E-state index in [0.29, 0.717) is 19.8 Å². The molecule has 0 aliphatic carbocycles. The Kier molecular flexibility index (Phi) is 7.28. The van der Waals surface area contributed by atoms with Crippen molar-refractivity contribution in [2.75, 3.05) is 20.3 Å². The molecule has 0 bridgehead atoms. The average molecular weight is 412 g/mol. The van der Waals surface area contributed by atoms with Gasteiger partial charge in [0.2, 0.25) is 0 Å². The van der Waals surface area contributed by atoms with Gasteiger partial charge in [0.15, 0.2) is 12.6 Å². The number of methoxy groups -OCH3 is 1. The molecular weight excluding hydrogens is 384 g/mol. The fourth-order valence-corrected chi connectivity index (χ4v) is 3.83. The second-order valence-corrected chi connectivity index (χ2v) is 7.30. The molecular formula is C24H28O6. The van der Waals surface area contributed by atoms with Crippen LogP contribution in [-0.2, 0) is 35.0 Å². The predicted octanol–water partition coefficient (Wildman–Crippen LogP) is 3.63. The summed E-state index contributed by atoms with van der Waals surface area (Å²) in [7, 11) is 1.60. The molecule has 0 amide bonds. The van der Waals surface area contributed by atoms with Crippen LogP contribution in [0.1, 0.15) is 17.4 Å². The summed E-state index contributed by atoms with van der Waals surface area (Å²) in [6.45, 7) is 4.91. The molecule has 2 aromatic rings. The van der Waals surface area contributed by atoms with Crippen molar-refractivity contribution in [3.8, 4) is 0 Å².